The van der Waals surface area contributed by atoms with Gasteiger partial charge in [-0.2, -0.15) is 0 Å². The molecule has 0 aliphatic heterocycles. The molecule has 4 heteroatoms. The molecule has 1 unspecified atom stereocenters. The molecule has 0 saturated carbocycles. The van der Waals surface area contributed by atoms with Gasteiger partial charge in [0.05, 0.1) is 17.0 Å². The Kier molecular flexibility index (Phi) is 3.71. The molecular formula is C17H18FN3. The lowest BCUT2D eigenvalue weighted by Gasteiger charge is -2.16. The summed E-state index contributed by atoms with van der Waals surface area (Å²) in [6, 6.07) is 14.8. The zero-order valence-corrected chi connectivity index (χ0v) is 12.0. The molecule has 2 N–H and O–H groups in total. The van der Waals surface area contributed by atoms with Crippen LogP contribution in [-0.4, -0.2) is 16.1 Å². The number of imidazole rings is 1. The third kappa shape index (κ3) is 2.43. The number of aryl methyl sites for hydroxylation is 1. The molecule has 0 aliphatic rings. The van der Waals surface area contributed by atoms with Gasteiger partial charge in [-0.1, -0.05) is 30.3 Å². The highest BCUT2D eigenvalue weighted by Gasteiger charge is 2.20. The summed E-state index contributed by atoms with van der Waals surface area (Å²) in [5.41, 5.74) is 8.74. The molecule has 1 heterocycles. The number of rotatable bonds is 4. The Labute approximate surface area is 123 Å². The molecule has 3 aromatic rings. The number of nitrogens with two attached hydrogens (primary N) is 1. The number of hydrogen-bond acceptors (Lipinski definition) is 2. The van der Waals surface area contributed by atoms with E-state index in [0.29, 0.717) is 6.54 Å². The second kappa shape index (κ2) is 5.66. The van der Waals surface area contributed by atoms with E-state index in [-0.39, 0.29) is 11.7 Å². The fourth-order valence-corrected chi connectivity index (χ4v) is 2.79. The Morgan fingerprint density at radius 3 is 2.62 bits per heavy atom. The van der Waals surface area contributed by atoms with E-state index in [1.165, 1.54) is 12.1 Å². The zero-order chi connectivity index (χ0) is 14.8. The van der Waals surface area contributed by atoms with Crippen LogP contribution in [0.25, 0.3) is 11.0 Å². The molecule has 1 atom stereocenters. The molecule has 108 valence electrons. The maximum atomic E-state index is 13.5. The lowest BCUT2D eigenvalue weighted by atomic mass is 9.98. The molecule has 0 spiro atoms. The second-order valence-electron chi connectivity index (χ2n) is 5.05. The Hall–Kier alpha value is -2.20. The van der Waals surface area contributed by atoms with Gasteiger partial charge >= 0.3 is 0 Å². The highest BCUT2D eigenvalue weighted by Crippen LogP contribution is 2.27. The van der Waals surface area contributed by atoms with E-state index in [4.69, 9.17) is 5.73 Å². The maximum Gasteiger partial charge on any atom is 0.125 e. The Morgan fingerprint density at radius 1 is 1.19 bits per heavy atom. The van der Waals surface area contributed by atoms with Gasteiger partial charge in [0, 0.05) is 13.1 Å². The van der Waals surface area contributed by atoms with Crippen molar-refractivity contribution in [2.45, 2.75) is 19.4 Å². The van der Waals surface area contributed by atoms with Gasteiger partial charge < -0.3 is 10.3 Å². The second-order valence-corrected chi connectivity index (χ2v) is 5.05. The van der Waals surface area contributed by atoms with Crippen LogP contribution in [0.15, 0.2) is 48.5 Å². The van der Waals surface area contributed by atoms with Gasteiger partial charge in [-0.25, -0.2) is 9.37 Å². The zero-order valence-electron chi connectivity index (χ0n) is 12.0. The quantitative estimate of drug-likeness (QED) is 0.798. The number of benzene rings is 2. The van der Waals surface area contributed by atoms with Crippen molar-refractivity contribution in [3.05, 3.63) is 65.7 Å². The third-order valence-corrected chi connectivity index (χ3v) is 3.81. The van der Waals surface area contributed by atoms with Crippen molar-refractivity contribution in [2.24, 2.45) is 5.73 Å². The highest BCUT2D eigenvalue weighted by atomic mass is 19.1. The first-order valence-corrected chi connectivity index (χ1v) is 7.15. The topological polar surface area (TPSA) is 43.8 Å². The van der Waals surface area contributed by atoms with E-state index in [2.05, 4.69) is 17.1 Å². The van der Waals surface area contributed by atoms with E-state index < -0.39 is 0 Å². The van der Waals surface area contributed by atoms with Crippen LogP contribution in [0.5, 0.6) is 0 Å². The summed E-state index contributed by atoms with van der Waals surface area (Å²) >= 11 is 0. The smallest absolute Gasteiger partial charge is 0.125 e. The van der Waals surface area contributed by atoms with Gasteiger partial charge in [0.15, 0.2) is 0 Å². The Morgan fingerprint density at radius 2 is 1.95 bits per heavy atom. The van der Waals surface area contributed by atoms with Gasteiger partial charge in [-0.05, 0) is 30.7 Å². The lowest BCUT2D eigenvalue weighted by Crippen LogP contribution is -2.18. The van der Waals surface area contributed by atoms with Crippen LogP contribution in [0.4, 0.5) is 4.39 Å². The van der Waals surface area contributed by atoms with E-state index in [1.807, 2.05) is 29.7 Å². The lowest BCUT2D eigenvalue weighted by molar-refractivity contribution is 0.626. The van der Waals surface area contributed by atoms with Crippen molar-refractivity contribution in [3.63, 3.8) is 0 Å². The summed E-state index contributed by atoms with van der Waals surface area (Å²) in [5.74, 6) is 0.668. The molecule has 3 rings (SSSR count). The van der Waals surface area contributed by atoms with Gasteiger partial charge in [0.1, 0.15) is 11.6 Å². The number of nitrogens with zero attached hydrogens (tertiary/aromatic N) is 2. The van der Waals surface area contributed by atoms with Crippen molar-refractivity contribution in [3.8, 4) is 0 Å². The van der Waals surface area contributed by atoms with E-state index >= 15 is 0 Å². The largest absolute Gasteiger partial charge is 0.329 e. The highest BCUT2D eigenvalue weighted by molar-refractivity contribution is 5.76. The summed E-state index contributed by atoms with van der Waals surface area (Å²) in [4.78, 5) is 4.69. The van der Waals surface area contributed by atoms with Crippen LogP contribution < -0.4 is 5.73 Å². The molecule has 0 radical (unpaired) electrons. The Bertz CT molecular complexity index is 749. The summed E-state index contributed by atoms with van der Waals surface area (Å²) in [6.45, 7) is 3.24. The first-order chi connectivity index (χ1) is 10.2. The molecule has 2 aromatic carbocycles. The minimum Gasteiger partial charge on any atom is -0.329 e. The summed E-state index contributed by atoms with van der Waals surface area (Å²) in [5, 5.41) is 0. The van der Waals surface area contributed by atoms with E-state index in [0.717, 1.165) is 29.0 Å². The molecule has 0 bridgehead atoms. The first-order valence-electron chi connectivity index (χ1n) is 7.15. The Balaban J connectivity index is 2.18. The molecular weight excluding hydrogens is 265 g/mol. The van der Waals surface area contributed by atoms with Crippen molar-refractivity contribution in [2.75, 3.05) is 6.54 Å². The van der Waals surface area contributed by atoms with E-state index in [1.54, 1.807) is 6.07 Å². The van der Waals surface area contributed by atoms with Crippen molar-refractivity contribution >= 4 is 11.0 Å². The number of aromatic nitrogens is 2. The minimum absolute atomic E-state index is 0.0154. The summed E-state index contributed by atoms with van der Waals surface area (Å²) in [7, 11) is 0. The molecule has 1 aromatic heterocycles. The van der Waals surface area contributed by atoms with Crippen molar-refractivity contribution in [1.29, 1.82) is 0 Å². The molecule has 21 heavy (non-hydrogen) atoms. The first kappa shape index (κ1) is 13.8. The molecule has 0 saturated heterocycles. The number of hydrogen-bond donors (Lipinski definition) is 1. The number of halogens is 1. The predicted octanol–water partition coefficient (Wildman–Crippen LogP) is 3.29. The summed E-state index contributed by atoms with van der Waals surface area (Å²) in [6.07, 6.45) is 0. The van der Waals surface area contributed by atoms with Crippen LogP contribution in [-0.2, 0) is 6.54 Å². The van der Waals surface area contributed by atoms with Gasteiger partial charge in [-0.15, -0.1) is 0 Å². The fraction of sp³-hybridized carbons (Fsp3) is 0.235. The third-order valence-electron chi connectivity index (χ3n) is 3.81. The standard InChI is InChI=1S/C17H18FN3/c1-2-21-16-10-13(18)8-9-15(16)20-17(21)14(11-19)12-6-4-3-5-7-12/h3-10,14H,2,11,19H2,1H3. The SMILES string of the molecule is CCn1c(C(CN)c2ccccc2)nc2ccc(F)cc21. The van der Waals surface area contributed by atoms with Crippen LogP contribution in [0.1, 0.15) is 24.2 Å². The average molecular weight is 283 g/mol. The average Bonchev–Trinajstić information content (AvgIpc) is 2.86. The van der Waals surface area contributed by atoms with Crippen LogP contribution in [0.3, 0.4) is 0 Å². The van der Waals surface area contributed by atoms with E-state index in [9.17, 15) is 4.39 Å². The maximum absolute atomic E-state index is 13.5. The van der Waals surface area contributed by atoms with Gasteiger partial charge in [0.2, 0.25) is 0 Å². The molecule has 0 amide bonds. The molecule has 0 aliphatic carbocycles. The van der Waals surface area contributed by atoms with Crippen molar-refractivity contribution < 1.29 is 4.39 Å². The monoisotopic (exact) mass is 283 g/mol. The van der Waals surface area contributed by atoms with Gasteiger partial charge in [0.25, 0.3) is 0 Å². The van der Waals surface area contributed by atoms with Crippen LogP contribution in [0, 0.1) is 5.82 Å². The molecule has 3 nitrogen and oxygen atoms in total. The normalized spacial score (nSPS) is 12.7. The molecule has 0 fully saturated rings. The van der Waals surface area contributed by atoms with Crippen LogP contribution in [0.2, 0.25) is 0 Å². The minimum atomic E-state index is -0.243. The van der Waals surface area contributed by atoms with Crippen molar-refractivity contribution in [1.82, 2.24) is 9.55 Å². The van der Waals surface area contributed by atoms with Crippen LogP contribution >= 0.6 is 0 Å². The van der Waals surface area contributed by atoms with Gasteiger partial charge in [-0.3, -0.25) is 0 Å². The summed E-state index contributed by atoms with van der Waals surface area (Å²) < 4.78 is 15.5. The fourth-order valence-electron chi connectivity index (χ4n) is 2.79. The number of fused-ring (bicyclic) bond motifs is 1. The predicted molar refractivity (Wildman–Crippen MR) is 82.7 cm³/mol.